The molecule has 1 unspecified atom stereocenters. The number of benzene rings is 2. The molecule has 0 saturated heterocycles. The Kier molecular flexibility index (Phi) is 4.19. The Morgan fingerprint density at radius 3 is 2.76 bits per heavy atom. The first-order valence-electron chi connectivity index (χ1n) is 8.47. The lowest BCUT2D eigenvalue weighted by molar-refractivity contribution is 0.174. The van der Waals surface area contributed by atoms with E-state index in [0.717, 1.165) is 47.6 Å². The van der Waals surface area contributed by atoms with E-state index in [1.807, 2.05) is 24.3 Å². The molecule has 0 aliphatic carbocycles. The molecule has 2 aromatic carbocycles. The van der Waals surface area contributed by atoms with Gasteiger partial charge in [-0.15, -0.1) is 0 Å². The zero-order valence-electron chi connectivity index (χ0n) is 14.1. The summed E-state index contributed by atoms with van der Waals surface area (Å²) in [5, 5.41) is 3.49. The van der Waals surface area contributed by atoms with E-state index in [0.29, 0.717) is 12.7 Å². The molecule has 1 aromatic heterocycles. The average molecular weight is 339 g/mol. The minimum absolute atomic E-state index is 0.169. The summed E-state index contributed by atoms with van der Waals surface area (Å²) in [6.45, 7) is 4.22. The SMILES string of the molecule is CC(CNCc1ccc2[nH]c(=O)[nH]c2c1)Cc1ccc2c(c1)OCO2. The van der Waals surface area contributed by atoms with Gasteiger partial charge in [0.1, 0.15) is 0 Å². The van der Waals surface area contributed by atoms with Gasteiger partial charge in [0, 0.05) is 6.54 Å². The third-order valence-electron chi connectivity index (χ3n) is 4.42. The molecule has 0 fully saturated rings. The Hall–Kier alpha value is -2.73. The van der Waals surface area contributed by atoms with Gasteiger partial charge < -0.3 is 24.8 Å². The van der Waals surface area contributed by atoms with Crippen molar-refractivity contribution < 1.29 is 9.47 Å². The van der Waals surface area contributed by atoms with E-state index in [1.165, 1.54) is 5.56 Å². The summed E-state index contributed by atoms with van der Waals surface area (Å²) in [6.07, 6.45) is 0.980. The van der Waals surface area contributed by atoms with Crippen LogP contribution in [-0.4, -0.2) is 23.3 Å². The number of H-pyrrole nitrogens is 2. The summed E-state index contributed by atoms with van der Waals surface area (Å²) < 4.78 is 10.8. The number of aromatic nitrogens is 2. The Labute approximate surface area is 145 Å². The number of imidazole rings is 1. The standard InChI is InChI=1S/C19H21N3O3/c1-12(6-13-3-5-17-18(8-13)25-11-24-17)9-20-10-14-2-4-15-16(7-14)22-19(23)21-15/h2-5,7-8,12,20H,6,9-11H2,1H3,(H2,21,22,23). The maximum Gasteiger partial charge on any atom is 0.323 e. The van der Waals surface area contributed by atoms with Gasteiger partial charge in [0.05, 0.1) is 11.0 Å². The summed E-state index contributed by atoms with van der Waals surface area (Å²) in [7, 11) is 0. The molecule has 0 spiro atoms. The van der Waals surface area contributed by atoms with Crippen LogP contribution in [0.2, 0.25) is 0 Å². The highest BCUT2D eigenvalue weighted by Gasteiger charge is 2.14. The van der Waals surface area contributed by atoms with Crippen molar-refractivity contribution in [2.24, 2.45) is 5.92 Å². The molecule has 1 atom stereocenters. The van der Waals surface area contributed by atoms with Gasteiger partial charge >= 0.3 is 5.69 Å². The van der Waals surface area contributed by atoms with E-state index in [2.05, 4.69) is 34.3 Å². The topological polar surface area (TPSA) is 79.1 Å². The van der Waals surface area contributed by atoms with Gasteiger partial charge in [-0.05, 0) is 54.3 Å². The average Bonchev–Trinajstić information content (AvgIpc) is 3.19. The van der Waals surface area contributed by atoms with Crippen molar-refractivity contribution in [1.82, 2.24) is 15.3 Å². The summed E-state index contributed by atoms with van der Waals surface area (Å²) in [5.41, 5.74) is 3.92. The van der Waals surface area contributed by atoms with Crippen molar-refractivity contribution in [1.29, 1.82) is 0 Å². The molecule has 4 rings (SSSR count). The van der Waals surface area contributed by atoms with Crippen LogP contribution in [0.5, 0.6) is 11.5 Å². The first-order valence-corrected chi connectivity index (χ1v) is 8.47. The number of hydrogen-bond donors (Lipinski definition) is 3. The van der Waals surface area contributed by atoms with Gasteiger partial charge in [0.2, 0.25) is 6.79 Å². The third kappa shape index (κ3) is 3.53. The molecule has 0 amide bonds. The molecule has 3 aromatic rings. The number of nitrogens with one attached hydrogen (secondary N) is 3. The molecule has 6 nitrogen and oxygen atoms in total. The van der Waals surface area contributed by atoms with Crippen molar-refractivity contribution in [2.75, 3.05) is 13.3 Å². The minimum Gasteiger partial charge on any atom is -0.454 e. The van der Waals surface area contributed by atoms with Crippen LogP contribution >= 0.6 is 0 Å². The molecule has 25 heavy (non-hydrogen) atoms. The summed E-state index contributed by atoms with van der Waals surface area (Å²) >= 11 is 0. The molecule has 1 aliphatic heterocycles. The maximum atomic E-state index is 11.3. The second-order valence-electron chi connectivity index (χ2n) is 6.59. The molecule has 2 heterocycles. The molecule has 130 valence electrons. The lowest BCUT2D eigenvalue weighted by atomic mass is 10.0. The van der Waals surface area contributed by atoms with Crippen LogP contribution in [0.15, 0.2) is 41.2 Å². The van der Waals surface area contributed by atoms with Gasteiger partial charge in [0.15, 0.2) is 11.5 Å². The molecule has 0 radical (unpaired) electrons. The fourth-order valence-electron chi connectivity index (χ4n) is 3.20. The predicted molar refractivity (Wildman–Crippen MR) is 96.1 cm³/mol. The first-order chi connectivity index (χ1) is 12.2. The van der Waals surface area contributed by atoms with E-state index >= 15 is 0 Å². The second kappa shape index (κ2) is 6.64. The van der Waals surface area contributed by atoms with Crippen LogP contribution in [0.3, 0.4) is 0 Å². The van der Waals surface area contributed by atoms with Crippen molar-refractivity contribution in [3.63, 3.8) is 0 Å². The van der Waals surface area contributed by atoms with Crippen LogP contribution in [0.25, 0.3) is 11.0 Å². The fourth-order valence-corrected chi connectivity index (χ4v) is 3.20. The predicted octanol–water partition coefficient (Wildman–Crippen LogP) is 2.55. The molecule has 3 N–H and O–H groups in total. The molecule has 1 aliphatic rings. The molecule has 0 bridgehead atoms. The van der Waals surface area contributed by atoms with Crippen molar-refractivity contribution in [2.45, 2.75) is 19.9 Å². The zero-order valence-corrected chi connectivity index (χ0v) is 14.1. The summed E-state index contributed by atoms with van der Waals surface area (Å²) in [5.74, 6) is 2.16. The van der Waals surface area contributed by atoms with Crippen molar-refractivity contribution >= 4 is 11.0 Å². The van der Waals surface area contributed by atoms with Crippen LogP contribution in [0.4, 0.5) is 0 Å². The Balaban J connectivity index is 1.30. The Bertz CT molecular complexity index is 944. The number of aromatic amines is 2. The minimum atomic E-state index is -0.169. The summed E-state index contributed by atoms with van der Waals surface area (Å²) in [6, 6.07) is 12.1. The van der Waals surface area contributed by atoms with Gasteiger partial charge in [-0.2, -0.15) is 0 Å². The van der Waals surface area contributed by atoms with Gasteiger partial charge in [-0.25, -0.2) is 4.79 Å². The number of ether oxygens (including phenoxy) is 2. The van der Waals surface area contributed by atoms with Crippen LogP contribution in [-0.2, 0) is 13.0 Å². The van der Waals surface area contributed by atoms with Crippen LogP contribution in [0.1, 0.15) is 18.1 Å². The van der Waals surface area contributed by atoms with E-state index in [-0.39, 0.29) is 5.69 Å². The van der Waals surface area contributed by atoms with Crippen LogP contribution in [0, 0.1) is 5.92 Å². The lowest BCUT2D eigenvalue weighted by Crippen LogP contribution is -2.22. The fraction of sp³-hybridized carbons (Fsp3) is 0.316. The molecule has 0 saturated carbocycles. The monoisotopic (exact) mass is 339 g/mol. The Morgan fingerprint density at radius 2 is 1.84 bits per heavy atom. The normalized spacial score (nSPS) is 14.1. The quantitative estimate of drug-likeness (QED) is 0.645. The largest absolute Gasteiger partial charge is 0.454 e. The van der Waals surface area contributed by atoms with Crippen molar-refractivity contribution in [3.8, 4) is 11.5 Å². The van der Waals surface area contributed by atoms with Gasteiger partial charge in [-0.3, -0.25) is 0 Å². The highest BCUT2D eigenvalue weighted by molar-refractivity contribution is 5.74. The lowest BCUT2D eigenvalue weighted by Gasteiger charge is -2.13. The first kappa shape index (κ1) is 15.8. The number of fused-ring (bicyclic) bond motifs is 2. The maximum absolute atomic E-state index is 11.3. The number of rotatable bonds is 6. The molecular weight excluding hydrogens is 318 g/mol. The van der Waals surface area contributed by atoms with E-state index in [9.17, 15) is 4.79 Å². The Morgan fingerprint density at radius 1 is 1.04 bits per heavy atom. The van der Waals surface area contributed by atoms with Crippen molar-refractivity contribution in [3.05, 3.63) is 58.0 Å². The van der Waals surface area contributed by atoms with Gasteiger partial charge in [0.25, 0.3) is 0 Å². The van der Waals surface area contributed by atoms with E-state index in [1.54, 1.807) is 0 Å². The highest BCUT2D eigenvalue weighted by atomic mass is 16.7. The smallest absolute Gasteiger partial charge is 0.323 e. The summed E-state index contributed by atoms with van der Waals surface area (Å²) in [4.78, 5) is 16.8. The molecular formula is C19H21N3O3. The zero-order chi connectivity index (χ0) is 17.2. The molecule has 6 heteroatoms. The highest BCUT2D eigenvalue weighted by Crippen LogP contribution is 2.33. The van der Waals surface area contributed by atoms with Gasteiger partial charge in [-0.1, -0.05) is 19.1 Å². The second-order valence-corrected chi connectivity index (χ2v) is 6.59. The van der Waals surface area contributed by atoms with Crippen LogP contribution < -0.4 is 20.5 Å². The third-order valence-corrected chi connectivity index (χ3v) is 4.42. The van der Waals surface area contributed by atoms with E-state index < -0.39 is 0 Å². The van der Waals surface area contributed by atoms with E-state index in [4.69, 9.17) is 9.47 Å². The number of hydrogen-bond acceptors (Lipinski definition) is 4.